The van der Waals surface area contributed by atoms with Crippen molar-refractivity contribution in [1.82, 2.24) is 10.2 Å². The largest absolute Gasteiger partial charge is 0.329 e. The van der Waals surface area contributed by atoms with Gasteiger partial charge in [-0.15, -0.1) is 0 Å². The fourth-order valence-corrected chi connectivity index (χ4v) is 2.28. The summed E-state index contributed by atoms with van der Waals surface area (Å²) in [5, 5.41) is 3.46. The normalized spacial score (nSPS) is 16.5. The summed E-state index contributed by atoms with van der Waals surface area (Å²) in [4.78, 5) is 23.9. The third-order valence-corrected chi connectivity index (χ3v) is 3.67. The molecule has 0 saturated heterocycles. The topological polar surface area (TPSA) is 75.4 Å². The third kappa shape index (κ3) is 5.43. The molecule has 0 radical (unpaired) electrons. The van der Waals surface area contributed by atoms with Crippen LogP contribution in [0.5, 0.6) is 0 Å². The minimum atomic E-state index is -0.181. The minimum absolute atomic E-state index is 0.181. The minimum Gasteiger partial charge on any atom is -0.329 e. The van der Waals surface area contributed by atoms with E-state index in [1.54, 1.807) is 0 Å². The Morgan fingerprint density at radius 2 is 1.70 bits per heavy atom. The number of rotatable bonds is 10. The van der Waals surface area contributed by atoms with Gasteiger partial charge in [-0.2, -0.15) is 0 Å². The molecule has 114 valence electrons. The molecule has 0 aromatic rings. The number of nitrogens with one attached hydrogen (secondary N) is 1. The lowest BCUT2D eigenvalue weighted by Gasteiger charge is -2.20. The number of imide groups is 1. The average molecular weight is 281 g/mol. The summed E-state index contributed by atoms with van der Waals surface area (Å²) in [7, 11) is 0. The Bertz CT molecular complexity index is 335. The molecule has 1 rings (SSSR count). The number of carbonyl (C=O) groups excluding carboxylic acids is 2. The summed E-state index contributed by atoms with van der Waals surface area (Å²) in [6.07, 6.45) is 6.79. The molecular formula is C15H27N3O2. The first-order valence-corrected chi connectivity index (χ1v) is 7.53. The maximum atomic E-state index is 11.3. The van der Waals surface area contributed by atoms with E-state index in [0.29, 0.717) is 25.0 Å². The predicted octanol–water partition coefficient (Wildman–Crippen LogP) is 1.04. The van der Waals surface area contributed by atoms with Crippen LogP contribution in [0.15, 0.2) is 12.2 Å². The summed E-state index contributed by atoms with van der Waals surface area (Å²) >= 11 is 0. The molecule has 0 saturated carbocycles. The van der Waals surface area contributed by atoms with Gasteiger partial charge in [0.05, 0.1) is 0 Å². The maximum absolute atomic E-state index is 11.3. The van der Waals surface area contributed by atoms with Gasteiger partial charge in [-0.1, -0.05) is 26.7 Å². The van der Waals surface area contributed by atoms with Crippen molar-refractivity contribution in [1.29, 1.82) is 0 Å². The zero-order valence-corrected chi connectivity index (χ0v) is 12.6. The predicted molar refractivity (Wildman–Crippen MR) is 80.0 cm³/mol. The molecule has 0 spiro atoms. The Morgan fingerprint density at radius 3 is 2.25 bits per heavy atom. The molecule has 1 atom stereocenters. The van der Waals surface area contributed by atoms with E-state index in [1.807, 2.05) is 0 Å². The Morgan fingerprint density at radius 1 is 1.10 bits per heavy atom. The van der Waals surface area contributed by atoms with E-state index in [4.69, 9.17) is 5.73 Å². The number of hydrogen-bond donors (Lipinski definition) is 2. The van der Waals surface area contributed by atoms with Gasteiger partial charge in [-0.05, 0) is 25.3 Å². The maximum Gasteiger partial charge on any atom is 0.253 e. The van der Waals surface area contributed by atoms with E-state index in [1.165, 1.54) is 17.1 Å². The molecule has 5 heteroatoms. The third-order valence-electron chi connectivity index (χ3n) is 3.67. The SMILES string of the molecule is CC(C)[C@@H](CN)NCCCCCCN1C(=O)C=CC1=O. The van der Waals surface area contributed by atoms with E-state index in [2.05, 4.69) is 19.2 Å². The smallest absolute Gasteiger partial charge is 0.253 e. The van der Waals surface area contributed by atoms with Crippen LogP contribution < -0.4 is 11.1 Å². The molecule has 0 aliphatic carbocycles. The van der Waals surface area contributed by atoms with Crippen molar-refractivity contribution in [2.75, 3.05) is 19.6 Å². The van der Waals surface area contributed by atoms with Crippen LogP contribution in [0.4, 0.5) is 0 Å². The van der Waals surface area contributed by atoms with E-state index in [-0.39, 0.29) is 11.8 Å². The van der Waals surface area contributed by atoms with Gasteiger partial charge in [0.1, 0.15) is 0 Å². The van der Waals surface area contributed by atoms with Crippen LogP contribution in [-0.4, -0.2) is 42.4 Å². The lowest BCUT2D eigenvalue weighted by molar-refractivity contribution is -0.136. The van der Waals surface area contributed by atoms with Crippen LogP contribution in [0.3, 0.4) is 0 Å². The molecule has 0 bridgehead atoms. The zero-order valence-electron chi connectivity index (χ0n) is 12.6. The number of hydrogen-bond acceptors (Lipinski definition) is 4. The molecule has 1 heterocycles. The first-order chi connectivity index (χ1) is 9.56. The number of unbranched alkanes of at least 4 members (excludes halogenated alkanes) is 3. The first-order valence-electron chi connectivity index (χ1n) is 7.53. The highest BCUT2D eigenvalue weighted by Crippen LogP contribution is 2.07. The van der Waals surface area contributed by atoms with Gasteiger partial charge >= 0.3 is 0 Å². The van der Waals surface area contributed by atoms with Gasteiger partial charge in [0.2, 0.25) is 0 Å². The Kier molecular flexibility index (Phi) is 7.47. The van der Waals surface area contributed by atoms with E-state index in [0.717, 1.165) is 32.2 Å². The molecule has 20 heavy (non-hydrogen) atoms. The Balaban J connectivity index is 2.00. The quantitative estimate of drug-likeness (QED) is 0.463. The second kappa shape index (κ2) is 8.87. The highest BCUT2D eigenvalue weighted by Gasteiger charge is 2.22. The number of nitrogens with two attached hydrogens (primary N) is 1. The van der Waals surface area contributed by atoms with Crippen LogP contribution in [-0.2, 0) is 9.59 Å². The van der Waals surface area contributed by atoms with Crippen molar-refractivity contribution in [2.24, 2.45) is 11.7 Å². The van der Waals surface area contributed by atoms with Crippen molar-refractivity contribution in [2.45, 2.75) is 45.6 Å². The molecule has 0 fully saturated rings. The molecule has 5 nitrogen and oxygen atoms in total. The standard InChI is InChI=1S/C15H27N3O2/c1-12(2)13(11-16)17-9-5-3-4-6-10-18-14(19)7-8-15(18)20/h7-8,12-13,17H,3-6,9-11,16H2,1-2H3/t13-/m1/s1. The van der Waals surface area contributed by atoms with Crippen LogP contribution >= 0.6 is 0 Å². The van der Waals surface area contributed by atoms with Crippen molar-refractivity contribution < 1.29 is 9.59 Å². The Labute approximate surface area is 121 Å². The van der Waals surface area contributed by atoms with Crippen molar-refractivity contribution >= 4 is 11.8 Å². The fraction of sp³-hybridized carbons (Fsp3) is 0.733. The molecular weight excluding hydrogens is 254 g/mol. The zero-order chi connectivity index (χ0) is 15.0. The van der Waals surface area contributed by atoms with E-state index in [9.17, 15) is 9.59 Å². The van der Waals surface area contributed by atoms with Crippen LogP contribution in [0, 0.1) is 5.92 Å². The molecule has 0 unspecified atom stereocenters. The monoisotopic (exact) mass is 281 g/mol. The van der Waals surface area contributed by atoms with Gasteiger partial charge in [-0.25, -0.2) is 0 Å². The highest BCUT2D eigenvalue weighted by molar-refractivity contribution is 6.12. The van der Waals surface area contributed by atoms with Crippen LogP contribution in [0.2, 0.25) is 0 Å². The second-order valence-electron chi connectivity index (χ2n) is 5.62. The molecule has 3 N–H and O–H groups in total. The molecule has 2 amide bonds. The molecule has 0 aromatic carbocycles. The van der Waals surface area contributed by atoms with Gasteiger partial charge in [0.15, 0.2) is 0 Å². The van der Waals surface area contributed by atoms with E-state index < -0.39 is 0 Å². The van der Waals surface area contributed by atoms with Crippen molar-refractivity contribution in [3.05, 3.63) is 12.2 Å². The fourth-order valence-electron chi connectivity index (χ4n) is 2.28. The summed E-state index contributed by atoms with van der Waals surface area (Å²) < 4.78 is 0. The van der Waals surface area contributed by atoms with Gasteiger partial charge in [0.25, 0.3) is 11.8 Å². The lowest BCUT2D eigenvalue weighted by Crippen LogP contribution is -2.40. The summed E-state index contributed by atoms with van der Waals surface area (Å²) in [6, 6.07) is 0.390. The number of nitrogens with zero attached hydrogens (tertiary/aromatic N) is 1. The van der Waals surface area contributed by atoms with E-state index >= 15 is 0 Å². The summed E-state index contributed by atoms with van der Waals surface area (Å²) in [6.45, 7) is 6.52. The lowest BCUT2D eigenvalue weighted by atomic mass is 10.0. The van der Waals surface area contributed by atoms with Crippen LogP contribution in [0.25, 0.3) is 0 Å². The summed E-state index contributed by atoms with van der Waals surface area (Å²) in [5.41, 5.74) is 5.69. The molecule has 1 aliphatic heterocycles. The Hall–Kier alpha value is -1.20. The molecule has 1 aliphatic rings. The summed E-state index contributed by atoms with van der Waals surface area (Å²) in [5.74, 6) is 0.193. The van der Waals surface area contributed by atoms with Gasteiger partial charge in [-0.3, -0.25) is 14.5 Å². The van der Waals surface area contributed by atoms with Crippen molar-refractivity contribution in [3.8, 4) is 0 Å². The van der Waals surface area contributed by atoms with Gasteiger partial charge in [0, 0.05) is 31.3 Å². The molecule has 0 aromatic heterocycles. The first kappa shape index (κ1) is 16.9. The number of carbonyl (C=O) groups is 2. The average Bonchev–Trinajstić information content (AvgIpc) is 2.72. The van der Waals surface area contributed by atoms with Crippen LogP contribution in [0.1, 0.15) is 39.5 Å². The van der Waals surface area contributed by atoms with Crippen molar-refractivity contribution in [3.63, 3.8) is 0 Å². The highest BCUT2D eigenvalue weighted by atomic mass is 16.2. The van der Waals surface area contributed by atoms with Gasteiger partial charge < -0.3 is 11.1 Å². The second-order valence-corrected chi connectivity index (χ2v) is 5.62. The number of amides is 2.